The molecule has 1 aromatic carbocycles. The molecule has 2 heteroatoms. The summed E-state index contributed by atoms with van der Waals surface area (Å²) in [4.78, 5) is 12.2. The number of hydrogen-bond acceptors (Lipinski definition) is 1. The van der Waals surface area contributed by atoms with E-state index in [9.17, 15) is 4.79 Å². The second kappa shape index (κ2) is 4.21. The van der Waals surface area contributed by atoms with Crippen molar-refractivity contribution in [2.75, 3.05) is 0 Å². The van der Waals surface area contributed by atoms with E-state index >= 15 is 0 Å². The van der Waals surface area contributed by atoms with Crippen LogP contribution in [0.1, 0.15) is 36.7 Å². The average Bonchev–Trinajstić information content (AvgIpc) is 2.78. The molecule has 0 fully saturated rings. The molecule has 0 saturated heterocycles. The monoisotopic (exact) mass is 227 g/mol. The Morgan fingerprint density at radius 2 is 1.65 bits per heavy atom. The van der Waals surface area contributed by atoms with Crippen LogP contribution in [0.25, 0.3) is 0 Å². The smallest absolute Gasteiger partial charge is 0.194 e. The maximum absolute atomic E-state index is 12.2. The third-order valence-corrected chi connectivity index (χ3v) is 2.77. The lowest BCUT2D eigenvalue weighted by molar-refractivity contribution is 0.103. The quantitative estimate of drug-likeness (QED) is 0.720. The van der Waals surface area contributed by atoms with Crippen molar-refractivity contribution in [3.63, 3.8) is 0 Å². The molecule has 17 heavy (non-hydrogen) atoms. The number of aromatic nitrogens is 1. The molecule has 0 radical (unpaired) electrons. The Balaban J connectivity index is 2.30. The van der Waals surface area contributed by atoms with Gasteiger partial charge in [-0.25, -0.2) is 0 Å². The van der Waals surface area contributed by atoms with Crippen LogP contribution in [0, 0.1) is 0 Å². The topological polar surface area (TPSA) is 22.0 Å². The van der Waals surface area contributed by atoms with E-state index in [0.717, 1.165) is 11.1 Å². The molecule has 2 rings (SSSR count). The predicted octanol–water partition coefficient (Wildman–Crippen LogP) is 3.47. The maximum atomic E-state index is 12.2. The number of ketones is 1. The first-order valence-electron chi connectivity index (χ1n) is 5.77. The molecular weight excluding hydrogens is 210 g/mol. The van der Waals surface area contributed by atoms with Gasteiger partial charge in [0, 0.05) is 29.1 Å². The molecule has 0 saturated carbocycles. The predicted molar refractivity (Wildman–Crippen MR) is 69.3 cm³/mol. The van der Waals surface area contributed by atoms with Gasteiger partial charge in [-0.1, -0.05) is 30.3 Å². The number of carbonyl (C=O) groups excluding carboxylic acids is 1. The molecule has 2 nitrogen and oxygen atoms in total. The van der Waals surface area contributed by atoms with E-state index in [1.54, 1.807) is 0 Å². The van der Waals surface area contributed by atoms with Gasteiger partial charge in [0.1, 0.15) is 0 Å². The van der Waals surface area contributed by atoms with Crippen molar-refractivity contribution in [2.24, 2.45) is 0 Å². The van der Waals surface area contributed by atoms with Crippen LogP contribution in [0.2, 0.25) is 0 Å². The Bertz CT molecular complexity index is 517. The van der Waals surface area contributed by atoms with Crippen molar-refractivity contribution in [2.45, 2.75) is 26.3 Å². The summed E-state index contributed by atoms with van der Waals surface area (Å²) in [5, 5.41) is 0. The standard InChI is InChI=1S/C15H17NO/c1-15(2,3)16-10-9-13(11-16)14(17)12-7-5-4-6-8-12/h4-11H,1-3H3. The van der Waals surface area contributed by atoms with Crippen LogP contribution >= 0.6 is 0 Å². The van der Waals surface area contributed by atoms with Crippen LogP contribution in [0.4, 0.5) is 0 Å². The molecule has 0 N–H and O–H groups in total. The van der Waals surface area contributed by atoms with E-state index in [4.69, 9.17) is 0 Å². The van der Waals surface area contributed by atoms with Gasteiger partial charge in [0.05, 0.1) is 0 Å². The largest absolute Gasteiger partial charge is 0.348 e. The Morgan fingerprint density at radius 3 is 2.18 bits per heavy atom. The summed E-state index contributed by atoms with van der Waals surface area (Å²) in [5.74, 6) is 0.0774. The number of nitrogens with zero attached hydrogens (tertiary/aromatic N) is 1. The number of carbonyl (C=O) groups is 1. The fourth-order valence-electron chi connectivity index (χ4n) is 1.70. The van der Waals surface area contributed by atoms with E-state index < -0.39 is 0 Å². The maximum Gasteiger partial charge on any atom is 0.194 e. The Kier molecular flexibility index (Phi) is 2.88. The molecule has 1 aromatic heterocycles. The molecule has 0 aliphatic heterocycles. The Morgan fingerprint density at radius 1 is 1.00 bits per heavy atom. The molecule has 0 unspecified atom stereocenters. The van der Waals surface area contributed by atoms with Crippen molar-refractivity contribution in [3.8, 4) is 0 Å². The molecule has 0 aliphatic carbocycles. The molecule has 2 aromatic rings. The van der Waals surface area contributed by atoms with Crippen LogP contribution < -0.4 is 0 Å². The van der Waals surface area contributed by atoms with Crippen LogP contribution in [0.15, 0.2) is 48.8 Å². The van der Waals surface area contributed by atoms with Crippen LogP contribution in [-0.2, 0) is 5.54 Å². The molecule has 88 valence electrons. The SMILES string of the molecule is CC(C)(C)n1ccc(C(=O)c2ccccc2)c1. The zero-order valence-corrected chi connectivity index (χ0v) is 10.5. The van der Waals surface area contributed by atoms with E-state index in [1.807, 2.05) is 48.8 Å². The molecule has 0 amide bonds. The first-order chi connectivity index (χ1) is 7.98. The lowest BCUT2D eigenvalue weighted by Crippen LogP contribution is -2.19. The van der Waals surface area contributed by atoms with Gasteiger partial charge >= 0.3 is 0 Å². The molecule has 1 heterocycles. The normalized spacial score (nSPS) is 11.5. The molecule has 0 bridgehead atoms. The summed E-state index contributed by atoms with van der Waals surface area (Å²) in [5.41, 5.74) is 1.49. The molecular formula is C15H17NO. The van der Waals surface area contributed by atoms with E-state index in [1.165, 1.54) is 0 Å². The Hall–Kier alpha value is -1.83. The van der Waals surface area contributed by atoms with Gasteiger partial charge in [0.2, 0.25) is 0 Å². The van der Waals surface area contributed by atoms with E-state index in [-0.39, 0.29) is 11.3 Å². The highest BCUT2D eigenvalue weighted by atomic mass is 16.1. The zero-order valence-electron chi connectivity index (χ0n) is 10.5. The number of benzene rings is 1. The van der Waals surface area contributed by atoms with Gasteiger partial charge in [-0.15, -0.1) is 0 Å². The zero-order chi connectivity index (χ0) is 12.5. The second-order valence-corrected chi connectivity index (χ2v) is 5.17. The number of hydrogen-bond donors (Lipinski definition) is 0. The summed E-state index contributed by atoms with van der Waals surface area (Å²) in [7, 11) is 0. The minimum Gasteiger partial charge on any atom is -0.348 e. The lowest BCUT2D eigenvalue weighted by Gasteiger charge is -2.20. The van der Waals surface area contributed by atoms with Gasteiger partial charge < -0.3 is 4.57 Å². The fraction of sp³-hybridized carbons (Fsp3) is 0.267. The summed E-state index contributed by atoms with van der Waals surface area (Å²) in [6.45, 7) is 6.34. The highest BCUT2D eigenvalue weighted by molar-refractivity contribution is 6.08. The Labute approximate surface area is 102 Å². The van der Waals surface area contributed by atoms with Gasteiger partial charge in [-0.05, 0) is 26.8 Å². The van der Waals surface area contributed by atoms with Gasteiger partial charge in [0.25, 0.3) is 0 Å². The third-order valence-electron chi connectivity index (χ3n) is 2.77. The van der Waals surface area contributed by atoms with Gasteiger partial charge in [-0.3, -0.25) is 4.79 Å². The highest BCUT2D eigenvalue weighted by Crippen LogP contribution is 2.17. The van der Waals surface area contributed by atoms with Crippen molar-refractivity contribution in [3.05, 3.63) is 59.9 Å². The minimum atomic E-state index is 0.00914. The molecule has 0 aliphatic rings. The minimum absolute atomic E-state index is 0.00914. The summed E-state index contributed by atoms with van der Waals surface area (Å²) < 4.78 is 2.06. The second-order valence-electron chi connectivity index (χ2n) is 5.17. The fourth-order valence-corrected chi connectivity index (χ4v) is 1.70. The lowest BCUT2D eigenvalue weighted by atomic mass is 10.1. The van der Waals surface area contributed by atoms with Crippen molar-refractivity contribution in [1.29, 1.82) is 0 Å². The summed E-state index contributed by atoms with van der Waals surface area (Å²) >= 11 is 0. The molecule has 0 atom stereocenters. The molecule has 0 spiro atoms. The van der Waals surface area contributed by atoms with Crippen molar-refractivity contribution in [1.82, 2.24) is 4.57 Å². The van der Waals surface area contributed by atoms with Crippen LogP contribution in [0.5, 0.6) is 0 Å². The van der Waals surface area contributed by atoms with E-state index in [2.05, 4.69) is 25.3 Å². The van der Waals surface area contributed by atoms with Gasteiger partial charge in [0.15, 0.2) is 5.78 Å². The van der Waals surface area contributed by atoms with E-state index in [0.29, 0.717) is 0 Å². The highest BCUT2D eigenvalue weighted by Gasteiger charge is 2.15. The van der Waals surface area contributed by atoms with Crippen LogP contribution in [0.3, 0.4) is 0 Å². The number of rotatable bonds is 2. The van der Waals surface area contributed by atoms with Crippen LogP contribution in [-0.4, -0.2) is 10.4 Å². The summed E-state index contributed by atoms with van der Waals surface area (Å²) in [6, 6.07) is 11.2. The van der Waals surface area contributed by atoms with Gasteiger partial charge in [-0.2, -0.15) is 0 Å². The van der Waals surface area contributed by atoms with Crippen molar-refractivity contribution < 1.29 is 4.79 Å². The first-order valence-corrected chi connectivity index (χ1v) is 5.77. The summed E-state index contributed by atoms with van der Waals surface area (Å²) in [6.07, 6.45) is 3.87. The van der Waals surface area contributed by atoms with Crippen molar-refractivity contribution >= 4 is 5.78 Å². The third kappa shape index (κ3) is 2.47. The average molecular weight is 227 g/mol. The first kappa shape index (κ1) is 11.6.